The fourth-order valence-electron chi connectivity index (χ4n) is 2.41. The molecule has 0 amide bonds. The average molecular weight is 208 g/mol. The Balaban J connectivity index is 2.72. The average Bonchev–Trinajstić information content (AvgIpc) is 2.27. The third-order valence-electron chi connectivity index (χ3n) is 3.54. The van der Waals surface area contributed by atoms with Gasteiger partial charge in [-0.1, -0.05) is 27.7 Å². The van der Waals surface area contributed by atoms with Crippen LogP contribution >= 0.6 is 0 Å². The highest BCUT2D eigenvalue weighted by atomic mass is 16.4. The van der Waals surface area contributed by atoms with Crippen molar-refractivity contribution in [1.29, 1.82) is 0 Å². The van der Waals surface area contributed by atoms with Crippen LogP contribution in [0.4, 0.5) is 0 Å². The van der Waals surface area contributed by atoms with Gasteiger partial charge in [0, 0.05) is 5.92 Å². The monoisotopic (exact) mass is 208 g/mol. The molecular weight excluding hydrogens is 183 g/mol. The van der Waals surface area contributed by atoms with Crippen molar-refractivity contribution in [3.63, 3.8) is 0 Å². The van der Waals surface area contributed by atoms with E-state index in [4.69, 9.17) is 4.65 Å². The molecule has 1 aliphatic rings. The molecule has 0 aromatic carbocycles. The molecule has 0 heterocycles. The second kappa shape index (κ2) is 6.24. The van der Waals surface area contributed by atoms with Gasteiger partial charge in [0.1, 0.15) is 0 Å². The van der Waals surface area contributed by atoms with Crippen LogP contribution in [0.1, 0.15) is 53.4 Å². The molecule has 0 aliphatic heterocycles. The van der Waals surface area contributed by atoms with Crippen LogP contribution in [0.15, 0.2) is 11.3 Å². The molecule has 0 radical (unpaired) electrons. The number of allylic oxidation sites excluding steroid dienone is 2. The van der Waals surface area contributed by atoms with Crippen molar-refractivity contribution in [2.75, 3.05) is 0 Å². The molecule has 0 spiro atoms. The Morgan fingerprint density at radius 1 is 1.27 bits per heavy atom. The Labute approximate surface area is 95.4 Å². The second-order valence-corrected chi connectivity index (χ2v) is 4.67. The van der Waals surface area contributed by atoms with E-state index >= 15 is 0 Å². The number of hydrogen-bond acceptors (Lipinski definition) is 1. The number of rotatable bonds is 5. The van der Waals surface area contributed by atoms with Crippen LogP contribution in [0.2, 0.25) is 12.6 Å². The molecular formula is C13H25BO. The topological polar surface area (TPSA) is 9.23 Å². The van der Waals surface area contributed by atoms with Gasteiger partial charge in [0.2, 0.25) is 0 Å². The molecule has 0 saturated heterocycles. The minimum atomic E-state index is 0.432. The van der Waals surface area contributed by atoms with Gasteiger partial charge in [-0.3, -0.25) is 0 Å². The van der Waals surface area contributed by atoms with Gasteiger partial charge in [0.15, 0.2) is 0 Å². The van der Waals surface area contributed by atoms with E-state index in [-0.39, 0.29) is 0 Å². The van der Waals surface area contributed by atoms with Gasteiger partial charge in [0.25, 0.3) is 0 Å². The summed E-state index contributed by atoms with van der Waals surface area (Å²) in [5.74, 6) is 1.98. The summed E-state index contributed by atoms with van der Waals surface area (Å²) in [4.78, 5) is 0. The maximum atomic E-state index is 6.19. The predicted molar refractivity (Wildman–Crippen MR) is 68.1 cm³/mol. The van der Waals surface area contributed by atoms with E-state index in [0.29, 0.717) is 12.8 Å². The molecule has 0 fully saturated rings. The summed E-state index contributed by atoms with van der Waals surface area (Å²) in [5.41, 5.74) is 1.57. The van der Waals surface area contributed by atoms with Gasteiger partial charge in [-0.05, 0) is 43.9 Å². The maximum Gasteiger partial charge on any atom is 0.356 e. The predicted octanol–water partition coefficient (Wildman–Crippen LogP) is 4.52. The van der Waals surface area contributed by atoms with Crippen LogP contribution < -0.4 is 0 Å². The molecule has 15 heavy (non-hydrogen) atoms. The molecule has 1 atom stereocenters. The normalized spacial score (nSPS) is 21.7. The van der Waals surface area contributed by atoms with Crippen LogP contribution in [-0.2, 0) is 4.65 Å². The van der Waals surface area contributed by atoms with E-state index in [1.807, 2.05) is 0 Å². The van der Waals surface area contributed by atoms with Crippen LogP contribution in [0, 0.1) is 5.92 Å². The highest BCUT2D eigenvalue weighted by Gasteiger charge is 2.23. The van der Waals surface area contributed by atoms with Gasteiger partial charge >= 0.3 is 6.92 Å². The van der Waals surface area contributed by atoms with E-state index in [2.05, 4.69) is 27.7 Å². The lowest BCUT2D eigenvalue weighted by Gasteiger charge is -2.28. The molecule has 86 valence electrons. The summed E-state index contributed by atoms with van der Waals surface area (Å²) in [6.07, 6.45) is 7.34. The lowest BCUT2D eigenvalue weighted by Crippen LogP contribution is -2.21. The molecule has 1 rings (SSSR count). The summed E-state index contributed by atoms with van der Waals surface area (Å²) < 4.78 is 6.19. The van der Waals surface area contributed by atoms with E-state index in [0.717, 1.165) is 12.6 Å². The van der Waals surface area contributed by atoms with Gasteiger partial charge in [-0.25, -0.2) is 0 Å². The zero-order chi connectivity index (χ0) is 11.3. The van der Waals surface area contributed by atoms with E-state index in [9.17, 15) is 0 Å². The fourth-order valence-corrected chi connectivity index (χ4v) is 2.41. The smallest absolute Gasteiger partial charge is 0.356 e. The van der Waals surface area contributed by atoms with Crippen molar-refractivity contribution >= 4 is 6.92 Å². The molecule has 0 aromatic rings. The van der Waals surface area contributed by atoms with E-state index < -0.39 is 0 Å². The standard InChI is InChI=1S/C13H25BO/c1-5-12-10-8-9-11(4)13(12)15-14(6-2)7-3/h11H,5-10H2,1-4H3. The highest BCUT2D eigenvalue weighted by molar-refractivity contribution is 6.51. The van der Waals surface area contributed by atoms with Crippen molar-refractivity contribution < 1.29 is 4.65 Å². The second-order valence-electron chi connectivity index (χ2n) is 4.67. The largest absolute Gasteiger partial charge is 0.563 e. The third kappa shape index (κ3) is 3.29. The number of hydrogen-bond donors (Lipinski definition) is 0. The molecule has 0 N–H and O–H groups in total. The van der Waals surface area contributed by atoms with Gasteiger partial charge in [0.05, 0.1) is 5.76 Å². The van der Waals surface area contributed by atoms with E-state index in [1.54, 1.807) is 5.57 Å². The zero-order valence-corrected chi connectivity index (χ0v) is 10.8. The summed E-state index contributed by atoms with van der Waals surface area (Å²) >= 11 is 0. The van der Waals surface area contributed by atoms with Crippen molar-refractivity contribution in [3.05, 3.63) is 11.3 Å². The Hall–Kier alpha value is -0.395. The van der Waals surface area contributed by atoms with Crippen LogP contribution in [0.5, 0.6) is 0 Å². The Morgan fingerprint density at radius 3 is 2.47 bits per heavy atom. The minimum absolute atomic E-state index is 0.432. The molecule has 1 nitrogen and oxygen atoms in total. The lowest BCUT2D eigenvalue weighted by molar-refractivity contribution is 0.318. The van der Waals surface area contributed by atoms with Crippen LogP contribution in [0.3, 0.4) is 0 Å². The summed E-state index contributed by atoms with van der Waals surface area (Å²) in [6.45, 7) is 9.43. The zero-order valence-electron chi connectivity index (χ0n) is 10.8. The minimum Gasteiger partial charge on any atom is -0.563 e. The van der Waals surface area contributed by atoms with Gasteiger partial charge < -0.3 is 4.65 Å². The summed E-state index contributed by atoms with van der Waals surface area (Å²) in [7, 11) is 0. The highest BCUT2D eigenvalue weighted by Crippen LogP contribution is 2.33. The first-order valence-electron chi connectivity index (χ1n) is 6.61. The van der Waals surface area contributed by atoms with Crippen LogP contribution in [-0.4, -0.2) is 6.92 Å². The molecule has 2 heteroatoms. The van der Waals surface area contributed by atoms with E-state index in [1.165, 1.54) is 31.4 Å². The molecule has 1 unspecified atom stereocenters. The lowest BCUT2D eigenvalue weighted by atomic mass is 9.62. The van der Waals surface area contributed by atoms with Crippen LogP contribution in [0.25, 0.3) is 0 Å². The van der Waals surface area contributed by atoms with Crippen molar-refractivity contribution in [1.82, 2.24) is 0 Å². The SMILES string of the molecule is CCB(CC)OC1=C(CC)CCCC1C. The maximum absolute atomic E-state index is 6.19. The van der Waals surface area contributed by atoms with Crippen molar-refractivity contribution in [2.24, 2.45) is 5.92 Å². The Morgan fingerprint density at radius 2 is 1.93 bits per heavy atom. The molecule has 0 aromatic heterocycles. The third-order valence-corrected chi connectivity index (χ3v) is 3.54. The summed E-state index contributed by atoms with van der Waals surface area (Å²) in [5, 5.41) is 0. The van der Waals surface area contributed by atoms with Gasteiger partial charge in [-0.15, -0.1) is 0 Å². The fraction of sp³-hybridized carbons (Fsp3) is 0.846. The van der Waals surface area contributed by atoms with Gasteiger partial charge in [-0.2, -0.15) is 0 Å². The quantitative estimate of drug-likeness (QED) is 0.603. The van der Waals surface area contributed by atoms with Crippen molar-refractivity contribution in [2.45, 2.75) is 66.0 Å². The first-order valence-corrected chi connectivity index (χ1v) is 6.61. The van der Waals surface area contributed by atoms with Crippen molar-refractivity contribution in [3.8, 4) is 0 Å². The first kappa shape index (κ1) is 12.7. The molecule has 0 bridgehead atoms. The summed E-state index contributed by atoms with van der Waals surface area (Å²) in [6, 6.07) is 0. The molecule has 0 saturated carbocycles. The Bertz CT molecular complexity index is 219. The first-order chi connectivity index (χ1) is 7.22. The molecule has 1 aliphatic carbocycles. The Kier molecular flexibility index (Phi) is 5.28.